The maximum Gasteiger partial charge on any atom is 0.147 e. The smallest absolute Gasteiger partial charge is 0.147 e. The van der Waals surface area contributed by atoms with Crippen molar-refractivity contribution in [2.45, 2.75) is 10.6 Å². The van der Waals surface area contributed by atoms with E-state index in [2.05, 4.69) is 0 Å². The summed E-state index contributed by atoms with van der Waals surface area (Å²) in [7, 11) is -1.75. The Morgan fingerprint density at radius 2 is 1.63 bits per heavy atom. The van der Waals surface area contributed by atoms with E-state index in [1.54, 1.807) is 0 Å². The van der Waals surface area contributed by atoms with Gasteiger partial charge in [0.15, 0.2) is 0 Å². The molecule has 2 rings (SSSR count). The lowest BCUT2D eigenvalue weighted by atomic mass is 10.2. The molecule has 1 atom stereocenters. The molecule has 2 N–H and O–H groups in total. The summed E-state index contributed by atoms with van der Waals surface area (Å²) < 4.78 is 52.0. The Morgan fingerprint density at radius 1 is 1.00 bits per heavy atom. The van der Waals surface area contributed by atoms with Crippen LogP contribution in [0.2, 0.25) is 0 Å². The standard InChI is InChI=1S/C13H10F3NOS/c14-10-2-1-3-11(15)9(10)7-19(18)8-4-5-13(17)12(16)6-8/h1-6H,7,17H2. The van der Waals surface area contributed by atoms with Gasteiger partial charge in [-0.05, 0) is 30.3 Å². The van der Waals surface area contributed by atoms with E-state index in [0.717, 1.165) is 18.2 Å². The molecule has 0 heterocycles. The Labute approximate surface area is 110 Å². The lowest BCUT2D eigenvalue weighted by molar-refractivity contribution is 0.564. The van der Waals surface area contributed by atoms with Crippen LogP contribution in [0.4, 0.5) is 18.9 Å². The third kappa shape index (κ3) is 2.96. The topological polar surface area (TPSA) is 43.1 Å². The molecule has 1 unspecified atom stereocenters. The van der Waals surface area contributed by atoms with E-state index in [9.17, 15) is 17.4 Å². The molecule has 0 radical (unpaired) electrons. The third-order valence-electron chi connectivity index (χ3n) is 2.57. The third-order valence-corrected chi connectivity index (χ3v) is 3.90. The first-order valence-corrected chi connectivity index (χ1v) is 6.67. The Balaban J connectivity index is 2.28. The Hall–Kier alpha value is -1.82. The van der Waals surface area contributed by atoms with Crippen molar-refractivity contribution in [1.82, 2.24) is 0 Å². The largest absolute Gasteiger partial charge is 0.396 e. The molecule has 2 aromatic rings. The van der Waals surface area contributed by atoms with E-state index in [-0.39, 0.29) is 21.9 Å². The number of halogens is 3. The predicted octanol–water partition coefficient (Wildman–Crippen LogP) is 2.99. The average Bonchev–Trinajstić information content (AvgIpc) is 2.37. The molecule has 0 bridgehead atoms. The summed E-state index contributed by atoms with van der Waals surface area (Å²) in [6.45, 7) is 0. The summed E-state index contributed by atoms with van der Waals surface area (Å²) >= 11 is 0. The van der Waals surface area contributed by atoms with Crippen LogP contribution < -0.4 is 5.73 Å². The van der Waals surface area contributed by atoms with Gasteiger partial charge in [0.2, 0.25) is 0 Å². The van der Waals surface area contributed by atoms with Crippen LogP contribution in [0.15, 0.2) is 41.3 Å². The second-order valence-corrected chi connectivity index (χ2v) is 5.32. The summed E-state index contributed by atoms with van der Waals surface area (Å²) in [6.07, 6.45) is 0. The van der Waals surface area contributed by atoms with Gasteiger partial charge in [0.25, 0.3) is 0 Å². The molecule has 2 nitrogen and oxygen atoms in total. The molecule has 0 saturated heterocycles. The molecular weight excluding hydrogens is 275 g/mol. The highest BCUT2D eigenvalue weighted by molar-refractivity contribution is 7.84. The van der Waals surface area contributed by atoms with Crippen LogP contribution in [-0.4, -0.2) is 4.21 Å². The Bertz CT molecular complexity index is 626. The highest BCUT2D eigenvalue weighted by atomic mass is 32.2. The Morgan fingerprint density at radius 3 is 2.21 bits per heavy atom. The molecule has 0 amide bonds. The van der Waals surface area contributed by atoms with Gasteiger partial charge in [-0.1, -0.05) is 6.07 Å². The van der Waals surface area contributed by atoms with E-state index in [4.69, 9.17) is 5.73 Å². The predicted molar refractivity (Wildman–Crippen MR) is 67.3 cm³/mol. The molecule has 6 heteroatoms. The van der Waals surface area contributed by atoms with E-state index in [0.29, 0.717) is 0 Å². The zero-order valence-corrected chi connectivity index (χ0v) is 10.5. The van der Waals surface area contributed by atoms with Crippen LogP contribution in [0.5, 0.6) is 0 Å². The lowest BCUT2D eigenvalue weighted by Gasteiger charge is -2.06. The van der Waals surface area contributed by atoms with Crippen molar-refractivity contribution in [3.63, 3.8) is 0 Å². The minimum Gasteiger partial charge on any atom is -0.396 e. The maximum absolute atomic E-state index is 13.4. The number of rotatable bonds is 3. The van der Waals surface area contributed by atoms with Crippen LogP contribution >= 0.6 is 0 Å². The fourth-order valence-corrected chi connectivity index (χ4v) is 2.69. The number of hydrogen-bond donors (Lipinski definition) is 1. The molecule has 0 spiro atoms. The first kappa shape index (κ1) is 13.6. The number of nitrogen functional groups attached to an aromatic ring is 1. The summed E-state index contributed by atoms with van der Waals surface area (Å²) in [5.74, 6) is -2.62. The van der Waals surface area contributed by atoms with Crippen LogP contribution in [0.3, 0.4) is 0 Å². The molecule has 2 aromatic carbocycles. The SMILES string of the molecule is Nc1ccc(S(=O)Cc2c(F)cccc2F)cc1F. The normalized spacial score (nSPS) is 12.4. The zero-order valence-electron chi connectivity index (χ0n) is 9.70. The minimum atomic E-state index is -1.75. The molecule has 0 aromatic heterocycles. The van der Waals surface area contributed by atoms with Gasteiger partial charge in [-0.25, -0.2) is 13.2 Å². The van der Waals surface area contributed by atoms with Crippen LogP contribution in [-0.2, 0) is 16.6 Å². The first-order chi connectivity index (χ1) is 8.99. The van der Waals surface area contributed by atoms with Crippen molar-refractivity contribution >= 4 is 16.5 Å². The number of hydrogen-bond acceptors (Lipinski definition) is 2. The number of benzene rings is 2. The number of anilines is 1. The van der Waals surface area contributed by atoms with Gasteiger partial charge in [-0.3, -0.25) is 4.21 Å². The quantitative estimate of drug-likeness (QED) is 0.881. The summed E-state index contributed by atoms with van der Waals surface area (Å²) in [5, 5.41) is 0. The highest BCUT2D eigenvalue weighted by Gasteiger charge is 2.14. The molecule has 100 valence electrons. The van der Waals surface area contributed by atoms with Gasteiger partial charge in [0, 0.05) is 10.5 Å². The van der Waals surface area contributed by atoms with Gasteiger partial charge in [-0.15, -0.1) is 0 Å². The van der Waals surface area contributed by atoms with Crippen LogP contribution in [0.1, 0.15) is 5.56 Å². The average molecular weight is 285 g/mol. The number of nitrogens with two attached hydrogens (primary N) is 1. The van der Waals surface area contributed by atoms with Crippen molar-refractivity contribution < 1.29 is 17.4 Å². The molecular formula is C13H10F3NOS. The van der Waals surface area contributed by atoms with E-state index >= 15 is 0 Å². The van der Waals surface area contributed by atoms with Crippen molar-refractivity contribution in [3.05, 3.63) is 59.4 Å². The monoisotopic (exact) mass is 285 g/mol. The van der Waals surface area contributed by atoms with Gasteiger partial charge in [0.1, 0.15) is 17.5 Å². The zero-order chi connectivity index (χ0) is 14.0. The molecule has 0 aliphatic heterocycles. The molecule has 19 heavy (non-hydrogen) atoms. The first-order valence-electron chi connectivity index (χ1n) is 5.35. The van der Waals surface area contributed by atoms with Crippen molar-refractivity contribution in [2.75, 3.05) is 5.73 Å². The van der Waals surface area contributed by atoms with Gasteiger partial charge < -0.3 is 5.73 Å². The minimum absolute atomic E-state index is 0.0715. The highest BCUT2D eigenvalue weighted by Crippen LogP contribution is 2.20. The van der Waals surface area contributed by atoms with Crippen molar-refractivity contribution in [3.8, 4) is 0 Å². The lowest BCUT2D eigenvalue weighted by Crippen LogP contribution is -2.03. The van der Waals surface area contributed by atoms with Gasteiger partial charge in [-0.2, -0.15) is 0 Å². The van der Waals surface area contributed by atoms with E-state index < -0.39 is 28.3 Å². The fourth-order valence-electron chi connectivity index (χ4n) is 1.53. The fraction of sp³-hybridized carbons (Fsp3) is 0.0769. The molecule has 0 aliphatic rings. The van der Waals surface area contributed by atoms with Crippen LogP contribution in [0, 0.1) is 17.5 Å². The van der Waals surface area contributed by atoms with E-state index in [1.165, 1.54) is 18.2 Å². The summed E-state index contributed by atoms with van der Waals surface area (Å²) in [5.41, 5.74) is 4.94. The summed E-state index contributed by atoms with van der Waals surface area (Å²) in [6, 6.07) is 7.02. The Kier molecular flexibility index (Phi) is 3.90. The van der Waals surface area contributed by atoms with Gasteiger partial charge in [0.05, 0.1) is 22.2 Å². The van der Waals surface area contributed by atoms with Gasteiger partial charge >= 0.3 is 0 Å². The molecule has 0 saturated carbocycles. The molecule has 0 fully saturated rings. The second-order valence-electron chi connectivity index (χ2n) is 3.87. The van der Waals surface area contributed by atoms with E-state index in [1.807, 2.05) is 0 Å². The maximum atomic E-state index is 13.4. The van der Waals surface area contributed by atoms with Crippen LogP contribution in [0.25, 0.3) is 0 Å². The van der Waals surface area contributed by atoms with Crippen molar-refractivity contribution in [1.29, 1.82) is 0 Å². The second kappa shape index (κ2) is 5.44. The molecule has 0 aliphatic carbocycles. The van der Waals surface area contributed by atoms with Crippen molar-refractivity contribution in [2.24, 2.45) is 0 Å². The summed E-state index contributed by atoms with van der Waals surface area (Å²) in [4.78, 5) is 0.134.